The van der Waals surface area contributed by atoms with Crippen molar-refractivity contribution in [1.29, 1.82) is 0 Å². The summed E-state index contributed by atoms with van der Waals surface area (Å²) < 4.78 is 10.7. The van der Waals surface area contributed by atoms with Gasteiger partial charge in [-0.2, -0.15) is 0 Å². The minimum Gasteiger partial charge on any atom is -0.452 e. The molecule has 0 saturated heterocycles. The van der Waals surface area contributed by atoms with Crippen LogP contribution in [-0.2, 0) is 32.5 Å². The molecule has 7 aromatic carbocycles. The quantitative estimate of drug-likeness (QED) is 0.164. The van der Waals surface area contributed by atoms with E-state index < -0.39 is 0 Å². The number of hydrogen-bond donors (Lipinski definition) is 0. The van der Waals surface area contributed by atoms with E-state index in [-0.39, 0.29) is 39.2 Å². The molecule has 0 fully saturated rings. The Morgan fingerprint density at radius 1 is 0.500 bits per heavy atom. The molecule has 13 rings (SSSR count). The molecule has 3 aliphatic heterocycles. The van der Waals surface area contributed by atoms with Gasteiger partial charge in [0.25, 0.3) is 6.71 Å². The fraction of sp³-hybridized carbons (Fsp3) is 0.353. The van der Waals surface area contributed by atoms with E-state index in [1.807, 2.05) is 11.3 Å². The van der Waals surface area contributed by atoms with Crippen LogP contribution in [0.4, 0.5) is 51.2 Å². The molecule has 0 unspecified atom stereocenters. The smallest absolute Gasteiger partial charge is 0.264 e. The van der Waals surface area contributed by atoms with Crippen molar-refractivity contribution in [3.05, 3.63) is 167 Å². The molecule has 0 spiro atoms. The maximum Gasteiger partial charge on any atom is 0.264 e. The fourth-order valence-corrected chi connectivity index (χ4v) is 15.0. The number of rotatable bonds is 4. The third-order valence-electron chi connectivity index (χ3n) is 18.2. The molecular formula is C68H72BN3OS. The van der Waals surface area contributed by atoms with Crippen LogP contribution in [0.25, 0.3) is 10.1 Å². The molecule has 374 valence electrons. The Morgan fingerprint density at radius 2 is 1.04 bits per heavy atom. The number of para-hydroxylation sites is 2. The first kappa shape index (κ1) is 47.5. The van der Waals surface area contributed by atoms with Gasteiger partial charge >= 0.3 is 0 Å². The Labute approximate surface area is 445 Å². The summed E-state index contributed by atoms with van der Waals surface area (Å²) in [6.45, 7) is 33.7. The molecule has 4 nitrogen and oxygen atoms in total. The Bertz CT molecular complexity index is 3590. The van der Waals surface area contributed by atoms with E-state index in [0.717, 1.165) is 59.9 Å². The average molecular weight is 990 g/mol. The van der Waals surface area contributed by atoms with E-state index >= 15 is 0 Å². The summed E-state index contributed by atoms with van der Waals surface area (Å²) in [4.78, 5) is 7.82. The summed E-state index contributed by atoms with van der Waals surface area (Å²) >= 11 is 2.00. The summed E-state index contributed by atoms with van der Waals surface area (Å²) in [5.41, 5.74) is 21.3. The number of hydrogen-bond acceptors (Lipinski definition) is 5. The van der Waals surface area contributed by atoms with E-state index in [1.54, 1.807) is 0 Å². The first-order chi connectivity index (χ1) is 34.9. The molecule has 8 aromatic rings. The molecule has 5 aliphatic rings. The molecule has 0 amide bonds. The lowest BCUT2D eigenvalue weighted by molar-refractivity contribution is 0.307. The van der Waals surface area contributed by atoms with Crippen LogP contribution in [0.1, 0.15) is 156 Å². The van der Waals surface area contributed by atoms with Gasteiger partial charge < -0.3 is 19.4 Å². The SMILES string of the molecule is CC(C)(C)c1ccc(N2c3cc(N(c4ccccc4)c4ccccc4)cc4c3B(c3cc5c(c6c3N4c3ccc4c(c3O6)C(C)(C)CCC4(C)C)C(C)(C)CCC5(C)C)c3sc4cc(C(C)(C)C)ccc4c32)cc1. The number of ether oxygens (including phenoxy) is 1. The molecule has 2 aliphatic carbocycles. The molecule has 4 heterocycles. The predicted octanol–water partition coefficient (Wildman–Crippen LogP) is 17.9. The number of fused-ring (bicyclic) bond motifs is 12. The van der Waals surface area contributed by atoms with Gasteiger partial charge in [0.05, 0.1) is 22.7 Å². The highest BCUT2D eigenvalue weighted by atomic mass is 32.1. The molecule has 0 bridgehead atoms. The van der Waals surface area contributed by atoms with E-state index in [9.17, 15) is 0 Å². The predicted molar refractivity (Wildman–Crippen MR) is 319 cm³/mol. The first-order valence-corrected chi connectivity index (χ1v) is 28.2. The van der Waals surface area contributed by atoms with Crippen molar-refractivity contribution in [3.63, 3.8) is 0 Å². The zero-order valence-corrected chi connectivity index (χ0v) is 47.1. The van der Waals surface area contributed by atoms with E-state index in [1.165, 1.54) is 87.6 Å². The largest absolute Gasteiger partial charge is 0.452 e. The van der Waals surface area contributed by atoms with Gasteiger partial charge in [-0.25, -0.2) is 0 Å². The van der Waals surface area contributed by atoms with E-state index in [4.69, 9.17) is 4.74 Å². The van der Waals surface area contributed by atoms with Gasteiger partial charge in [-0.1, -0.05) is 170 Å². The second-order valence-electron chi connectivity index (χ2n) is 27.1. The monoisotopic (exact) mass is 990 g/mol. The second kappa shape index (κ2) is 15.7. The highest BCUT2D eigenvalue weighted by Crippen LogP contribution is 2.64. The van der Waals surface area contributed by atoms with Crippen LogP contribution in [0.3, 0.4) is 0 Å². The van der Waals surface area contributed by atoms with Crippen LogP contribution in [0.15, 0.2) is 133 Å². The maximum atomic E-state index is 8.02. The van der Waals surface area contributed by atoms with Gasteiger partial charge in [0.2, 0.25) is 0 Å². The third-order valence-corrected chi connectivity index (χ3v) is 19.4. The highest BCUT2D eigenvalue weighted by Gasteiger charge is 2.53. The molecule has 0 saturated carbocycles. The fourth-order valence-electron chi connectivity index (χ4n) is 13.7. The van der Waals surface area contributed by atoms with Crippen LogP contribution < -0.4 is 35.1 Å². The zero-order chi connectivity index (χ0) is 51.8. The van der Waals surface area contributed by atoms with Gasteiger partial charge in [0, 0.05) is 54.4 Å². The van der Waals surface area contributed by atoms with Gasteiger partial charge in [0.1, 0.15) is 0 Å². The maximum absolute atomic E-state index is 8.02. The summed E-state index contributed by atoms with van der Waals surface area (Å²) in [5.74, 6) is 2.10. The van der Waals surface area contributed by atoms with Gasteiger partial charge in [-0.05, 0) is 152 Å². The van der Waals surface area contributed by atoms with Gasteiger partial charge in [0.15, 0.2) is 11.5 Å². The lowest BCUT2D eigenvalue weighted by Gasteiger charge is -2.51. The number of benzene rings is 7. The molecule has 6 heteroatoms. The topological polar surface area (TPSA) is 19.0 Å². The second-order valence-corrected chi connectivity index (χ2v) is 28.2. The van der Waals surface area contributed by atoms with Crippen molar-refractivity contribution in [2.24, 2.45) is 0 Å². The number of anilines is 9. The summed E-state index contributed by atoms with van der Waals surface area (Å²) in [6.07, 6.45) is 4.45. The van der Waals surface area contributed by atoms with Crippen LogP contribution in [-0.4, -0.2) is 6.71 Å². The van der Waals surface area contributed by atoms with Crippen LogP contribution >= 0.6 is 11.3 Å². The molecule has 0 radical (unpaired) electrons. The average Bonchev–Trinajstić information content (AvgIpc) is 3.74. The Morgan fingerprint density at radius 3 is 1.64 bits per heavy atom. The Kier molecular flexibility index (Phi) is 10.1. The van der Waals surface area contributed by atoms with Crippen molar-refractivity contribution < 1.29 is 4.74 Å². The molecule has 1 aromatic heterocycles. The number of thiophene rings is 1. The number of nitrogens with zero attached hydrogens (tertiary/aromatic N) is 3. The normalized spacial score (nSPS) is 18.1. The van der Waals surface area contributed by atoms with Gasteiger partial charge in [-0.3, -0.25) is 0 Å². The van der Waals surface area contributed by atoms with E-state index in [2.05, 4.69) is 245 Å². The van der Waals surface area contributed by atoms with Crippen molar-refractivity contribution >= 4 is 95.0 Å². The zero-order valence-electron chi connectivity index (χ0n) is 46.3. The van der Waals surface area contributed by atoms with Crippen molar-refractivity contribution in [1.82, 2.24) is 0 Å². The van der Waals surface area contributed by atoms with Crippen LogP contribution in [0.5, 0.6) is 11.5 Å². The van der Waals surface area contributed by atoms with Crippen molar-refractivity contribution in [2.45, 2.75) is 155 Å². The Hall–Kier alpha value is -6.24. The van der Waals surface area contributed by atoms with Crippen LogP contribution in [0.2, 0.25) is 0 Å². The first-order valence-electron chi connectivity index (χ1n) is 27.4. The summed E-state index contributed by atoms with van der Waals surface area (Å²) in [7, 11) is 0. The standard InChI is InChI=1S/C68H72BN3OS/c1-63(2,3)41-25-28-45(29-26-41)71-52-38-46(70(43-21-17-15-18-22-43)44-23-19-16-20-24-44)39-53-57(52)69(62-58(71)47-30-27-42(64(4,5)6)37-54(47)74-62)50-40-49-56(68(13,14)36-34-66(49,9)10)61-59(50)72(53)51-32-31-48-55(60(51)73-61)67(11,12)35-33-65(48,7)8/h15-32,37-40H,33-36H2,1-14H3. The highest BCUT2D eigenvalue weighted by molar-refractivity contribution is 7.33. The molecular weight excluding hydrogens is 918 g/mol. The van der Waals surface area contributed by atoms with Gasteiger partial charge in [-0.15, -0.1) is 11.3 Å². The molecule has 74 heavy (non-hydrogen) atoms. The minimum absolute atomic E-state index is 0.000473. The lowest BCUT2D eigenvalue weighted by Crippen LogP contribution is -2.61. The van der Waals surface area contributed by atoms with Crippen molar-refractivity contribution in [3.8, 4) is 11.5 Å². The van der Waals surface area contributed by atoms with Crippen LogP contribution in [0, 0.1) is 0 Å². The Balaban J connectivity index is 1.22. The summed E-state index contributed by atoms with van der Waals surface area (Å²) in [5, 5.41) is 1.30. The third kappa shape index (κ3) is 6.91. The summed E-state index contributed by atoms with van der Waals surface area (Å²) in [6, 6.07) is 51.4. The lowest BCUT2D eigenvalue weighted by atomic mass is 9.35. The molecule has 0 N–H and O–H groups in total. The van der Waals surface area contributed by atoms with Crippen molar-refractivity contribution in [2.75, 3.05) is 14.7 Å². The minimum atomic E-state index is -0.110. The van der Waals surface area contributed by atoms with E-state index in [0.29, 0.717) is 0 Å². The molecule has 0 atom stereocenters.